The van der Waals surface area contributed by atoms with Crippen LogP contribution in [-0.2, 0) is 18.9 Å². The number of amides is 1. The number of alkyl halides is 6. The molecule has 2 heterocycles. The third-order valence-electron chi connectivity index (χ3n) is 6.38. The van der Waals surface area contributed by atoms with Crippen molar-refractivity contribution >= 4 is 11.9 Å². The van der Waals surface area contributed by atoms with Crippen molar-refractivity contribution in [3.8, 4) is 11.3 Å². The van der Waals surface area contributed by atoms with Crippen LogP contribution in [0.15, 0.2) is 48.7 Å². The molecule has 6 nitrogen and oxygen atoms in total. The fourth-order valence-corrected chi connectivity index (χ4v) is 4.66. The lowest BCUT2D eigenvalue weighted by Crippen LogP contribution is -2.54. The van der Waals surface area contributed by atoms with Gasteiger partial charge < -0.3 is 15.1 Å². The Balaban J connectivity index is 1.70. The van der Waals surface area contributed by atoms with Crippen molar-refractivity contribution in [2.45, 2.75) is 44.8 Å². The van der Waals surface area contributed by atoms with Crippen molar-refractivity contribution in [2.75, 3.05) is 25.0 Å². The Morgan fingerprint density at radius 2 is 1.52 bits per heavy atom. The van der Waals surface area contributed by atoms with Gasteiger partial charge in [0, 0.05) is 50.5 Å². The van der Waals surface area contributed by atoms with Gasteiger partial charge in [0.1, 0.15) is 5.82 Å². The summed E-state index contributed by atoms with van der Waals surface area (Å²) in [7, 11) is 1.25. The van der Waals surface area contributed by atoms with E-state index in [2.05, 4.69) is 15.3 Å². The number of nitrogens with zero attached hydrogens (tertiary/aromatic N) is 4. The van der Waals surface area contributed by atoms with Crippen LogP contribution in [0.25, 0.3) is 11.3 Å². The van der Waals surface area contributed by atoms with E-state index in [9.17, 15) is 35.5 Å². The van der Waals surface area contributed by atoms with Crippen molar-refractivity contribution in [2.24, 2.45) is 0 Å². The SMILES string of the molecule is C[C@@H]1CN(c2ncc(C(=O)N(C)Cc3cc(C(F)(F)F)cc(C(F)(F)F)c3)c(-c3ccc(F)cc3)n2)C[C@H](C)N1. The zero-order valence-corrected chi connectivity index (χ0v) is 21.7. The minimum absolute atomic E-state index is 0.0301. The monoisotopic (exact) mass is 569 g/mol. The van der Waals surface area contributed by atoms with Gasteiger partial charge in [-0.2, -0.15) is 26.3 Å². The quantitative estimate of drug-likeness (QED) is 0.395. The normalized spacial score (nSPS) is 18.1. The molecule has 2 atom stereocenters. The number of hydrogen-bond donors (Lipinski definition) is 1. The summed E-state index contributed by atoms with van der Waals surface area (Å²) in [6.45, 7) is 4.60. The first kappa shape index (κ1) is 29.2. The average Bonchev–Trinajstić information content (AvgIpc) is 2.86. The number of carbonyl (C=O) groups excluding carboxylic acids is 1. The molecule has 0 bridgehead atoms. The first-order chi connectivity index (χ1) is 18.6. The standard InChI is InChI=1S/C27H26F7N5O/c1-15-12-39(13-16(2)36-15)25-35-11-22(23(37-25)18-4-6-21(28)7-5-18)24(40)38(3)14-17-8-19(26(29,30)31)10-20(9-17)27(32,33)34/h4-11,15-16,36H,12-14H2,1-3H3/t15-,16+. The topological polar surface area (TPSA) is 61.4 Å². The minimum atomic E-state index is -5.02. The number of anilines is 1. The molecule has 0 saturated carbocycles. The third kappa shape index (κ3) is 6.69. The van der Waals surface area contributed by atoms with Gasteiger partial charge in [-0.1, -0.05) is 0 Å². The number of carbonyl (C=O) groups is 1. The fourth-order valence-electron chi connectivity index (χ4n) is 4.66. The maximum Gasteiger partial charge on any atom is 0.416 e. The molecule has 1 N–H and O–H groups in total. The van der Waals surface area contributed by atoms with E-state index in [0.29, 0.717) is 36.7 Å². The summed E-state index contributed by atoms with van der Waals surface area (Å²) in [5.41, 5.74) is -2.81. The van der Waals surface area contributed by atoms with Crippen molar-refractivity contribution in [1.29, 1.82) is 0 Å². The van der Waals surface area contributed by atoms with Crippen LogP contribution in [0, 0.1) is 5.82 Å². The maximum atomic E-state index is 13.6. The predicted molar refractivity (Wildman–Crippen MR) is 134 cm³/mol. The van der Waals surface area contributed by atoms with E-state index in [1.165, 1.54) is 37.5 Å². The van der Waals surface area contributed by atoms with Gasteiger partial charge in [0.05, 0.1) is 22.4 Å². The van der Waals surface area contributed by atoms with Crippen LogP contribution in [0.2, 0.25) is 0 Å². The lowest BCUT2D eigenvalue weighted by atomic mass is 10.0. The van der Waals surface area contributed by atoms with Crippen LogP contribution in [0.3, 0.4) is 0 Å². The molecule has 3 aromatic rings. The van der Waals surface area contributed by atoms with Crippen LogP contribution < -0.4 is 10.2 Å². The lowest BCUT2D eigenvalue weighted by Gasteiger charge is -2.36. The van der Waals surface area contributed by atoms with E-state index >= 15 is 0 Å². The molecule has 1 fully saturated rings. The molecule has 2 aromatic carbocycles. The van der Waals surface area contributed by atoms with Crippen molar-refractivity contribution in [1.82, 2.24) is 20.2 Å². The zero-order valence-electron chi connectivity index (χ0n) is 21.7. The van der Waals surface area contributed by atoms with Crippen LogP contribution in [0.1, 0.15) is 40.9 Å². The minimum Gasteiger partial charge on any atom is -0.338 e. The van der Waals surface area contributed by atoms with E-state index in [4.69, 9.17) is 0 Å². The van der Waals surface area contributed by atoms with Gasteiger partial charge in [0.2, 0.25) is 5.95 Å². The van der Waals surface area contributed by atoms with Crippen LogP contribution in [-0.4, -0.2) is 53.0 Å². The predicted octanol–water partition coefficient (Wildman–Crippen LogP) is 5.78. The molecule has 214 valence electrons. The van der Waals surface area contributed by atoms with Crippen molar-refractivity contribution in [3.05, 3.63) is 76.7 Å². The summed E-state index contributed by atoms with van der Waals surface area (Å²) in [4.78, 5) is 25.3. The number of piperazine rings is 1. The van der Waals surface area contributed by atoms with Gasteiger partial charge in [-0.25, -0.2) is 14.4 Å². The molecule has 0 aliphatic carbocycles. The van der Waals surface area contributed by atoms with Crippen LogP contribution in [0.5, 0.6) is 0 Å². The van der Waals surface area contributed by atoms with Gasteiger partial charge in [-0.3, -0.25) is 4.79 Å². The Morgan fingerprint density at radius 1 is 0.975 bits per heavy atom. The second-order valence-electron chi connectivity index (χ2n) is 9.89. The maximum absolute atomic E-state index is 13.6. The van der Waals surface area contributed by atoms with Gasteiger partial charge in [0.25, 0.3) is 5.91 Å². The molecule has 13 heteroatoms. The summed E-state index contributed by atoms with van der Waals surface area (Å²) in [6, 6.07) is 6.65. The fraction of sp³-hybridized carbons (Fsp3) is 0.370. The van der Waals surface area contributed by atoms with Gasteiger partial charge >= 0.3 is 12.4 Å². The van der Waals surface area contributed by atoms with Crippen LogP contribution in [0.4, 0.5) is 36.7 Å². The number of nitrogens with one attached hydrogen (secondary N) is 1. The number of benzene rings is 2. The Bertz CT molecular complexity index is 1330. The van der Waals surface area contributed by atoms with E-state index in [0.717, 1.165) is 4.90 Å². The van der Waals surface area contributed by atoms with E-state index in [-0.39, 0.29) is 35.0 Å². The highest BCUT2D eigenvalue weighted by molar-refractivity contribution is 5.99. The summed E-state index contributed by atoms with van der Waals surface area (Å²) < 4.78 is 93.5. The summed E-state index contributed by atoms with van der Waals surface area (Å²) in [5.74, 6) is -0.928. The van der Waals surface area contributed by atoms with Gasteiger partial charge in [0.15, 0.2) is 0 Å². The molecule has 4 rings (SSSR count). The van der Waals surface area contributed by atoms with Gasteiger partial charge in [-0.15, -0.1) is 0 Å². The summed E-state index contributed by atoms with van der Waals surface area (Å²) >= 11 is 0. The Morgan fingerprint density at radius 3 is 2.05 bits per heavy atom. The molecule has 40 heavy (non-hydrogen) atoms. The van der Waals surface area contributed by atoms with E-state index in [1.54, 1.807) is 0 Å². The molecule has 1 saturated heterocycles. The second kappa shape index (κ2) is 11.0. The molecule has 1 aromatic heterocycles. The molecule has 1 aliphatic rings. The molecular formula is C27H26F7N5O. The Kier molecular flexibility index (Phi) is 8.06. The first-order valence-electron chi connectivity index (χ1n) is 12.3. The third-order valence-corrected chi connectivity index (χ3v) is 6.38. The summed E-state index contributed by atoms with van der Waals surface area (Å²) in [5, 5.41) is 3.39. The van der Waals surface area contributed by atoms with E-state index < -0.39 is 41.7 Å². The Labute approximate surface area is 225 Å². The molecular weight excluding hydrogens is 543 g/mol. The van der Waals surface area contributed by atoms with Gasteiger partial charge in [-0.05, 0) is 61.9 Å². The smallest absolute Gasteiger partial charge is 0.338 e. The van der Waals surface area contributed by atoms with Crippen LogP contribution >= 0.6 is 0 Å². The highest BCUT2D eigenvalue weighted by atomic mass is 19.4. The number of rotatable bonds is 5. The van der Waals surface area contributed by atoms with E-state index in [1.807, 2.05) is 18.7 Å². The summed E-state index contributed by atoms with van der Waals surface area (Å²) in [6.07, 6.45) is -8.77. The number of hydrogen-bond acceptors (Lipinski definition) is 5. The largest absolute Gasteiger partial charge is 0.416 e. The molecule has 1 amide bonds. The molecule has 0 unspecified atom stereocenters. The average molecular weight is 570 g/mol. The first-order valence-corrected chi connectivity index (χ1v) is 12.3. The molecule has 1 aliphatic heterocycles. The van der Waals surface area contributed by atoms with Crippen molar-refractivity contribution in [3.63, 3.8) is 0 Å². The molecule has 0 spiro atoms. The number of halogens is 7. The Hall–Kier alpha value is -3.74. The molecule has 0 radical (unpaired) electrons. The highest BCUT2D eigenvalue weighted by Crippen LogP contribution is 2.36. The van der Waals surface area contributed by atoms with Crippen molar-refractivity contribution < 1.29 is 35.5 Å². The number of aromatic nitrogens is 2. The highest BCUT2D eigenvalue weighted by Gasteiger charge is 2.37. The zero-order chi connectivity index (χ0) is 29.4. The lowest BCUT2D eigenvalue weighted by molar-refractivity contribution is -0.143. The second-order valence-corrected chi connectivity index (χ2v) is 9.89.